The van der Waals surface area contributed by atoms with Gasteiger partial charge >= 0.3 is 6.09 Å². The van der Waals surface area contributed by atoms with Crippen LogP contribution in [0.2, 0.25) is 0 Å². The Hall–Kier alpha value is -4.26. The van der Waals surface area contributed by atoms with Gasteiger partial charge in [0.05, 0.1) is 18.5 Å². The molecule has 160 valence electrons. The number of halogens is 1. The van der Waals surface area contributed by atoms with Crippen LogP contribution in [0.25, 0.3) is 22.2 Å². The number of anilines is 1. The Balaban J connectivity index is 1.92. The molecule has 0 fully saturated rings. The highest BCUT2D eigenvalue weighted by Crippen LogP contribution is 2.33. The van der Waals surface area contributed by atoms with Crippen LogP contribution in [0.15, 0.2) is 72.8 Å². The van der Waals surface area contributed by atoms with E-state index in [1.807, 2.05) is 30.3 Å². The Kier molecular flexibility index (Phi) is 5.81. The minimum atomic E-state index is -0.703. The molecule has 4 rings (SSSR count). The van der Waals surface area contributed by atoms with Gasteiger partial charge in [-0.1, -0.05) is 54.6 Å². The fraction of sp³-hybridized carbons (Fsp3) is 0.0800. The van der Waals surface area contributed by atoms with Gasteiger partial charge in [-0.25, -0.2) is 19.6 Å². The van der Waals surface area contributed by atoms with Crippen LogP contribution < -0.4 is 10.9 Å². The number of amides is 1. The van der Waals surface area contributed by atoms with E-state index in [-0.39, 0.29) is 11.3 Å². The molecule has 0 spiro atoms. The zero-order chi connectivity index (χ0) is 22.7. The summed E-state index contributed by atoms with van der Waals surface area (Å²) in [4.78, 5) is 29.8. The molecule has 7 heteroatoms. The van der Waals surface area contributed by atoms with Gasteiger partial charge in [-0.3, -0.25) is 10.2 Å². The average Bonchev–Trinajstić information content (AvgIpc) is 2.82. The number of ketones is 1. The Morgan fingerprint density at radius 3 is 2.41 bits per heavy atom. The van der Waals surface area contributed by atoms with Crippen molar-refractivity contribution in [2.75, 3.05) is 12.5 Å². The monoisotopic (exact) mass is 429 g/mol. The molecule has 32 heavy (non-hydrogen) atoms. The summed E-state index contributed by atoms with van der Waals surface area (Å²) < 4.78 is 19.3. The van der Waals surface area contributed by atoms with E-state index in [2.05, 4.69) is 20.6 Å². The zero-order valence-electron chi connectivity index (χ0n) is 17.5. The summed E-state index contributed by atoms with van der Waals surface area (Å²) in [5.74, 6) is -0.833. The van der Waals surface area contributed by atoms with Crippen molar-refractivity contribution in [3.05, 3.63) is 95.3 Å². The first-order valence-corrected chi connectivity index (χ1v) is 9.89. The number of carbonyl (C=O) groups excluding carboxylic acids is 2. The van der Waals surface area contributed by atoms with Gasteiger partial charge in [0.1, 0.15) is 11.3 Å². The van der Waals surface area contributed by atoms with Crippen LogP contribution in [0.1, 0.15) is 21.5 Å². The van der Waals surface area contributed by atoms with Gasteiger partial charge in [0.15, 0.2) is 5.78 Å². The van der Waals surface area contributed by atoms with Crippen LogP contribution >= 0.6 is 0 Å². The maximum absolute atomic E-state index is 14.7. The van der Waals surface area contributed by atoms with Crippen molar-refractivity contribution in [2.45, 2.75) is 6.92 Å². The molecule has 1 aromatic heterocycles. The number of fused-ring (bicyclic) bond motifs is 1. The number of methoxy groups -OCH3 is 1. The van der Waals surface area contributed by atoms with Crippen LogP contribution in [0.4, 0.5) is 14.9 Å². The van der Waals surface area contributed by atoms with Crippen molar-refractivity contribution < 1.29 is 18.7 Å². The lowest BCUT2D eigenvalue weighted by molar-refractivity contribution is 0.104. The fourth-order valence-electron chi connectivity index (χ4n) is 3.61. The van der Waals surface area contributed by atoms with Crippen LogP contribution in [0, 0.1) is 12.7 Å². The van der Waals surface area contributed by atoms with E-state index in [4.69, 9.17) is 0 Å². The third-order valence-corrected chi connectivity index (χ3v) is 5.14. The van der Waals surface area contributed by atoms with Crippen molar-refractivity contribution >= 4 is 28.5 Å². The van der Waals surface area contributed by atoms with Gasteiger partial charge in [0.2, 0.25) is 0 Å². The highest BCUT2D eigenvalue weighted by atomic mass is 19.1. The molecule has 0 bridgehead atoms. The molecule has 1 heterocycles. The van der Waals surface area contributed by atoms with Gasteiger partial charge in [0.25, 0.3) is 0 Å². The Labute approximate surface area is 184 Å². The smallest absolute Gasteiger partial charge is 0.425 e. The van der Waals surface area contributed by atoms with E-state index in [1.165, 1.54) is 13.2 Å². The number of benzene rings is 3. The molecular weight excluding hydrogens is 409 g/mol. The summed E-state index contributed by atoms with van der Waals surface area (Å²) in [5.41, 5.74) is 8.17. The summed E-state index contributed by atoms with van der Waals surface area (Å²) >= 11 is 0. The van der Waals surface area contributed by atoms with Crippen molar-refractivity contribution in [1.29, 1.82) is 0 Å². The van der Waals surface area contributed by atoms with Gasteiger partial charge in [-0.05, 0) is 30.7 Å². The lowest BCUT2D eigenvalue weighted by Gasteiger charge is -2.16. The van der Waals surface area contributed by atoms with Crippen LogP contribution in [0.5, 0.6) is 0 Å². The number of ether oxygens (including phenoxy) is 1. The number of hydrazine groups is 1. The number of aromatic nitrogens is 1. The molecule has 0 aliphatic heterocycles. The number of nitrogens with zero attached hydrogens (tertiary/aromatic N) is 1. The first-order valence-electron chi connectivity index (χ1n) is 9.89. The molecule has 0 aliphatic rings. The fourth-order valence-corrected chi connectivity index (χ4v) is 3.61. The molecule has 2 N–H and O–H groups in total. The first-order chi connectivity index (χ1) is 15.5. The van der Waals surface area contributed by atoms with E-state index in [1.54, 1.807) is 43.3 Å². The average molecular weight is 429 g/mol. The quantitative estimate of drug-likeness (QED) is 0.334. The van der Waals surface area contributed by atoms with Crippen molar-refractivity contribution in [3.63, 3.8) is 0 Å². The number of para-hydroxylation sites is 2. The van der Waals surface area contributed by atoms with E-state index in [9.17, 15) is 14.0 Å². The Morgan fingerprint density at radius 1 is 0.938 bits per heavy atom. The minimum absolute atomic E-state index is 0.124. The summed E-state index contributed by atoms with van der Waals surface area (Å²) in [6, 6.07) is 20.6. The predicted molar refractivity (Wildman–Crippen MR) is 121 cm³/mol. The molecule has 6 nitrogen and oxygen atoms in total. The van der Waals surface area contributed by atoms with E-state index in [0.717, 1.165) is 5.56 Å². The highest BCUT2D eigenvalue weighted by Gasteiger charge is 2.23. The number of carbonyl (C=O) groups is 2. The summed E-state index contributed by atoms with van der Waals surface area (Å²) in [5, 5.41) is 0.419. The van der Waals surface area contributed by atoms with Gasteiger partial charge in [-0.15, -0.1) is 0 Å². The number of nitrogens with one attached hydrogen (secondary N) is 2. The summed E-state index contributed by atoms with van der Waals surface area (Å²) in [6.45, 7) is 1.80. The molecule has 0 unspecified atom stereocenters. The van der Waals surface area contributed by atoms with Crippen molar-refractivity contribution in [3.8, 4) is 11.3 Å². The predicted octanol–water partition coefficient (Wildman–Crippen LogP) is 5.26. The zero-order valence-corrected chi connectivity index (χ0v) is 17.5. The molecule has 1 amide bonds. The maximum atomic E-state index is 14.7. The second-order valence-electron chi connectivity index (χ2n) is 7.08. The van der Waals surface area contributed by atoms with Crippen LogP contribution in [-0.4, -0.2) is 24.0 Å². The lowest BCUT2D eigenvalue weighted by Crippen LogP contribution is -2.30. The number of hydrogen-bond donors (Lipinski definition) is 2. The van der Waals surface area contributed by atoms with E-state index >= 15 is 0 Å². The molecule has 0 atom stereocenters. The van der Waals surface area contributed by atoms with Gasteiger partial charge < -0.3 is 4.74 Å². The molecule has 0 saturated carbocycles. The van der Waals surface area contributed by atoms with E-state index < -0.39 is 11.9 Å². The minimum Gasteiger partial charge on any atom is -0.452 e. The largest absolute Gasteiger partial charge is 0.452 e. The van der Waals surface area contributed by atoms with Gasteiger partial charge in [-0.2, -0.15) is 0 Å². The third kappa shape index (κ3) is 3.88. The van der Waals surface area contributed by atoms with Crippen molar-refractivity contribution in [2.24, 2.45) is 0 Å². The summed E-state index contributed by atoms with van der Waals surface area (Å²) in [6.07, 6.45) is -0.703. The number of rotatable bonds is 5. The van der Waals surface area contributed by atoms with Crippen LogP contribution in [0.3, 0.4) is 0 Å². The lowest BCUT2D eigenvalue weighted by atomic mass is 9.91. The Morgan fingerprint density at radius 2 is 1.66 bits per heavy atom. The molecule has 4 aromatic rings. The topological polar surface area (TPSA) is 80.3 Å². The SMILES string of the molecule is COC(=O)NNc1ccccc1C(=O)c1c(C)c(-c2ccccc2)nc2c(F)cccc12. The van der Waals surface area contributed by atoms with Gasteiger partial charge in [0, 0.05) is 22.1 Å². The second-order valence-corrected chi connectivity index (χ2v) is 7.08. The Bertz CT molecular complexity index is 1320. The maximum Gasteiger partial charge on any atom is 0.425 e. The second kappa shape index (κ2) is 8.85. The first kappa shape index (κ1) is 21.0. The molecule has 3 aromatic carbocycles. The standard InChI is InChI=1S/C25H20FN3O3/c1-15-21(24(30)17-11-6-7-14-20(17)28-29-25(31)32-2)18-12-8-13-19(26)23(18)27-22(15)16-9-4-3-5-10-16/h3-14,28H,1-2H3,(H,29,31). The third-order valence-electron chi connectivity index (χ3n) is 5.14. The molecular formula is C25H20FN3O3. The molecule has 0 saturated heterocycles. The highest BCUT2D eigenvalue weighted by molar-refractivity contribution is 6.20. The summed E-state index contributed by atoms with van der Waals surface area (Å²) in [7, 11) is 1.24. The van der Waals surface area contributed by atoms with E-state index in [0.29, 0.717) is 33.5 Å². The number of pyridine rings is 1. The molecule has 0 radical (unpaired) electrons. The van der Waals surface area contributed by atoms with Crippen molar-refractivity contribution in [1.82, 2.24) is 10.4 Å². The number of hydrogen-bond acceptors (Lipinski definition) is 5. The molecule has 0 aliphatic carbocycles. The normalized spacial score (nSPS) is 10.6. The van der Waals surface area contributed by atoms with Crippen LogP contribution in [-0.2, 0) is 4.74 Å².